The fourth-order valence-electron chi connectivity index (χ4n) is 4.80. The van der Waals surface area contributed by atoms with E-state index in [1.165, 1.54) is 21.8 Å². The van der Waals surface area contributed by atoms with Gasteiger partial charge in [0.05, 0.1) is 11.0 Å². The van der Waals surface area contributed by atoms with Gasteiger partial charge >= 0.3 is 0 Å². The number of pyridine rings is 1. The van der Waals surface area contributed by atoms with E-state index in [4.69, 9.17) is 10.1 Å². The molecule has 0 radical (unpaired) electrons. The summed E-state index contributed by atoms with van der Waals surface area (Å²) in [6.07, 6.45) is 3.69. The van der Waals surface area contributed by atoms with Gasteiger partial charge in [0.2, 0.25) is 0 Å². The third-order valence-electron chi connectivity index (χ3n) is 6.30. The van der Waals surface area contributed by atoms with Crippen LogP contribution < -0.4 is 0 Å². The molecule has 6 rings (SSSR count). The molecule has 0 aliphatic heterocycles. The zero-order valence-electron chi connectivity index (χ0n) is 19.0. The van der Waals surface area contributed by atoms with E-state index in [2.05, 4.69) is 81.8 Å². The van der Waals surface area contributed by atoms with E-state index in [1.807, 2.05) is 42.6 Å². The van der Waals surface area contributed by atoms with E-state index < -0.39 is 0 Å². The van der Waals surface area contributed by atoms with Crippen LogP contribution in [-0.4, -0.2) is 24.3 Å². The zero-order valence-corrected chi connectivity index (χ0v) is 19.0. The van der Waals surface area contributed by atoms with Crippen LogP contribution in [0.15, 0.2) is 103 Å². The highest BCUT2D eigenvalue weighted by atomic mass is 15.4. The maximum atomic E-state index is 5.09. The van der Waals surface area contributed by atoms with Gasteiger partial charge in [-0.25, -0.2) is 9.67 Å². The minimum Gasteiger partial charge on any atom is -0.317 e. The summed E-state index contributed by atoms with van der Waals surface area (Å²) < 4.78 is 4.50. The Morgan fingerprint density at radius 3 is 2.03 bits per heavy atom. The van der Waals surface area contributed by atoms with Crippen molar-refractivity contribution in [2.45, 2.75) is 25.9 Å². The summed E-state index contributed by atoms with van der Waals surface area (Å²) in [7, 11) is 0. The first-order valence-electron chi connectivity index (χ1n) is 11.8. The lowest BCUT2D eigenvalue weighted by Crippen LogP contribution is -2.20. The van der Waals surface area contributed by atoms with Crippen LogP contribution in [0.1, 0.15) is 25.9 Å². The van der Waals surface area contributed by atoms with E-state index in [0.29, 0.717) is 5.82 Å². The van der Waals surface area contributed by atoms with Crippen molar-refractivity contribution < 1.29 is 0 Å². The summed E-state index contributed by atoms with van der Waals surface area (Å²) >= 11 is 0. The molecular formula is C29H25N5. The first-order chi connectivity index (χ1) is 16.8. The molecule has 166 valence electrons. The second kappa shape index (κ2) is 8.60. The predicted molar refractivity (Wildman–Crippen MR) is 137 cm³/mol. The van der Waals surface area contributed by atoms with Crippen LogP contribution in [0.5, 0.6) is 0 Å². The Kier molecular flexibility index (Phi) is 5.15. The van der Waals surface area contributed by atoms with Crippen molar-refractivity contribution in [1.29, 1.82) is 0 Å². The number of nitrogens with zero attached hydrogens (tertiary/aromatic N) is 5. The second-order valence-corrected chi connectivity index (χ2v) is 8.46. The standard InChI is InChI=1S/C29H25N5/c1-2-12-27(33-25-18-8-6-15-22(25)23-16-7-9-19-26(23)33)34-29(24-17-10-11-20-30-24)31-28(32-34)21-13-4-3-5-14-21/h3-11,13-20,27H,2,12H2,1H3. The SMILES string of the molecule is CCCC(n1nc(-c2ccccc2)nc1-c1ccccn1)n1c2ccccc2c2ccccc21. The Morgan fingerprint density at radius 2 is 1.38 bits per heavy atom. The van der Waals surface area contributed by atoms with E-state index in [9.17, 15) is 0 Å². The molecule has 5 heteroatoms. The summed E-state index contributed by atoms with van der Waals surface area (Å²) in [5.74, 6) is 1.49. The largest absolute Gasteiger partial charge is 0.317 e. The van der Waals surface area contributed by atoms with Gasteiger partial charge in [-0.1, -0.05) is 86.1 Å². The van der Waals surface area contributed by atoms with Crippen LogP contribution in [0, 0.1) is 0 Å². The van der Waals surface area contributed by atoms with E-state index >= 15 is 0 Å². The molecule has 0 saturated heterocycles. The van der Waals surface area contributed by atoms with E-state index in [-0.39, 0.29) is 6.17 Å². The topological polar surface area (TPSA) is 48.5 Å². The molecule has 0 spiro atoms. The molecule has 3 heterocycles. The Balaban J connectivity index is 1.64. The van der Waals surface area contributed by atoms with Gasteiger partial charge in [0.1, 0.15) is 11.9 Å². The Labute approximate surface area is 198 Å². The van der Waals surface area contributed by atoms with Crippen molar-refractivity contribution in [3.05, 3.63) is 103 Å². The van der Waals surface area contributed by atoms with Crippen LogP contribution in [0.25, 0.3) is 44.7 Å². The van der Waals surface area contributed by atoms with Crippen molar-refractivity contribution in [3.8, 4) is 22.9 Å². The molecule has 0 aliphatic rings. The third kappa shape index (κ3) is 3.37. The van der Waals surface area contributed by atoms with Gasteiger partial charge in [-0.05, 0) is 30.7 Å². The Hall–Kier alpha value is -4.25. The minimum absolute atomic E-state index is 0.0447. The third-order valence-corrected chi connectivity index (χ3v) is 6.30. The molecule has 0 aliphatic carbocycles. The van der Waals surface area contributed by atoms with Crippen molar-refractivity contribution in [1.82, 2.24) is 24.3 Å². The van der Waals surface area contributed by atoms with Gasteiger partial charge in [-0.15, -0.1) is 5.10 Å². The highest BCUT2D eigenvalue weighted by Gasteiger charge is 2.25. The number of aromatic nitrogens is 5. The van der Waals surface area contributed by atoms with Crippen LogP contribution in [0.3, 0.4) is 0 Å². The van der Waals surface area contributed by atoms with Gasteiger partial charge < -0.3 is 4.57 Å². The fourth-order valence-corrected chi connectivity index (χ4v) is 4.80. The molecule has 34 heavy (non-hydrogen) atoms. The van der Waals surface area contributed by atoms with Crippen molar-refractivity contribution in [3.63, 3.8) is 0 Å². The zero-order chi connectivity index (χ0) is 22.9. The predicted octanol–water partition coefficient (Wildman–Crippen LogP) is 6.96. The Bertz CT molecular complexity index is 1510. The van der Waals surface area contributed by atoms with Gasteiger partial charge in [0, 0.05) is 22.5 Å². The number of rotatable bonds is 6. The molecule has 6 aromatic rings. The summed E-state index contributed by atoms with van der Waals surface area (Å²) in [6.45, 7) is 2.22. The molecule has 0 fully saturated rings. The average molecular weight is 444 g/mol. The summed E-state index contributed by atoms with van der Waals surface area (Å²) in [6, 6.07) is 33.3. The van der Waals surface area contributed by atoms with Crippen molar-refractivity contribution >= 4 is 21.8 Å². The number of fused-ring (bicyclic) bond motifs is 3. The molecule has 3 aromatic carbocycles. The summed E-state index contributed by atoms with van der Waals surface area (Å²) in [5.41, 5.74) is 4.21. The van der Waals surface area contributed by atoms with Gasteiger partial charge in [-0.3, -0.25) is 4.98 Å². The fraction of sp³-hybridized carbons (Fsp3) is 0.138. The molecule has 0 N–H and O–H groups in total. The smallest absolute Gasteiger partial charge is 0.181 e. The molecule has 1 atom stereocenters. The van der Waals surface area contributed by atoms with Crippen molar-refractivity contribution in [2.24, 2.45) is 0 Å². The normalized spacial score (nSPS) is 12.4. The first-order valence-corrected chi connectivity index (χ1v) is 11.8. The van der Waals surface area contributed by atoms with Crippen molar-refractivity contribution in [2.75, 3.05) is 0 Å². The molecule has 1 unspecified atom stereocenters. The second-order valence-electron chi connectivity index (χ2n) is 8.46. The molecular weight excluding hydrogens is 418 g/mol. The molecule has 3 aromatic heterocycles. The molecule has 0 saturated carbocycles. The van der Waals surface area contributed by atoms with Crippen LogP contribution in [-0.2, 0) is 0 Å². The number of hydrogen-bond acceptors (Lipinski definition) is 3. The summed E-state index contributed by atoms with van der Waals surface area (Å²) in [5, 5.41) is 7.59. The van der Waals surface area contributed by atoms with Crippen LogP contribution >= 0.6 is 0 Å². The van der Waals surface area contributed by atoms with Gasteiger partial charge in [0.25, 0.3) is 0 Å². The van der Waals surface area contributed by atoms with Crippen LogP contribution in [0.4, 0.5) is 0 Å². The lowest BCUT2D eigenvalue weighted by Gasteiger charge is -2.23. The van der Waals surface area contributed by atoms with E-state index in [0.717, 1.165) is 29.9 Å². The van der Waals surface area contributed by atoms with E-state index in [1.54, 1.807) is 0 Å². The minimum atomic E-state index is -0.0447. The maximum absolute atomic E-state index is 5.09. The highest BCUT2D eigenvalue weighted by Crippen LogP contribution is 2.35. The molecule has 5 nitrogen and oxygen atoms in total. The Morgan fingerprint density at radius 1 is 0.735 bits per heavy atom. The maximum Gasteiger partial charge on any atom is 0.181 e. The number of para-hydroxylation sites is 2. The first kappa shape index (κ1) is 20.4. The number of benzene rings is 3. The average Bonchev–Trinajstić information content (AvgIpc) is 3.49. The monoisotopic (exact) mass is 443 g/mol. The van der Waals surface area contributed by atoms with Gasteiger partial charge in [0.15, 0.2) is 11.6 Å². The quantitative estimate of drug-likeness (QED) is 0.279. The van der Waals surface area contributed by atoms with Gasteiger partial charge in [-0.2, -0.15) is 0 Å². The molecule has 0 bridgehead atoms. The molecule has 0 amide bonds. The lowest BCUT2D eigenvalue weighted by atomic mass is 10.2. The number of hydrogen-bond donors (Lipinski definition) is 0. The highest BCUT2D eigenvalue weighted by molar-refractivity contribution is 6.08. The van der Waals surface area contributed by atoms with Crippen LogP contribution in [0.2, 0.25) is 0 Å². The lowest BCUT2D eigenvalue weighted by molar-refractivity contribution is 0.385. The summed E-state index contributed by atoms with van der Waals surface area (Å²) in [4.78, 5) is 9.63.